The maximum absolute atomic E-state index is 13.0. The van der Waals surface area contributed by atoms with Crippen LogP contribution < -0.4 is 79.5 Å². The Morgan fingerprint density at radius 1 is 0.460 bits per heavy atom. The van der Waals surface area contributed by atoms with Crippen molar-refractivity contribution in [3.8, 4) is 0 Å². The van der Waals surface area contributed by atoms with Gasteiger partial charge in [0.2, 0.25) is 0 Å². The molecule has 0 aliphatic heterocycles. The normalized spacial score (nSPS) is 13.5. The van der Waals surface area contributed by atoms with Crippen molar-refractivity contribution in [1.82, 2.24) is 0 Å². The van der Waals surface area contributed by atoms with Gasteiger partial charge in [0.25, 0.3) is 0 Å². The Hall–Kier alpha value is 1.08. The van der Waals surface area contributed by atoms with Gasteiger partial charge in [-0.1, -0.05) is 95.9 Å². The van der Waals surface area contributed by atoms with Gasteiger partial charge in [0.15, 0.2) is 11.4 Å². The predicted octanol–water partition coefficient (Wildman–Crippen LogP) is -4.93. The molecule has 0 aromatic heterocycles. The van der Waals surface area contributed by atoms with Crippen LogP contribution in [0.1, 0.15) is 53.4 Å². The van der Waals surface area contributed by atoms with Gasteiger partial charge in [-0.15, -0.1) is 47.0 Å². The van der Waals surface area contributed by atoms with Crippen molar-refractivity contribution < 1.29 is 137 Å². The average molecular weight is 1120 g/mol. The molecule has 0 spiro atoms. The molecular formula is C33H40Na2O16S12-2. The number of hydrogen-bond acceptors (Lipinski definition) is 28. The number of esters is 3. The van der Waals surface area contributed by atoms with Gasteiger partial charge < -0.3 is 58.6 Å². The summed E-state index contributed by atoms with van der Waals surface area (Å²) in [6.45, 7) is 2.81. The summed E-state index contributed by atoms with van der Waals surface area (Å²) in [5.41, 5.74) is -1.95. The molecule has 0 N–H and O–H groups in total. The number of ketones is 1. The van der Waals surface area contributed by atoms with Gasteiger partial charge >= 0.3 is 77.0 Å². The quantitative estimate of drug-likeness (QED) is 0.0294. The molecular weight excluding hydrogens is 1080 g/mol. The van der Waals surface area contributed by atoms with Crippen LogP contribution in [0.15, 0.2) is 0 Å². The molecule has 0 heterocycles. The van der Waals surface area contributed by atoms with Crippen LogP contribution in [0.2, 0.25) is 0 Å². The number of carbonyl (C=O) groups excluding carboxylic acids is 8. The van der Waals surface area contributed by atoms with E-state index in [1.807, 2.05) is 0 Å². The Labute approximate surface area is 465 Å². The summed E-state index contributed by atoms with van der Waals surface area (Å²) in [7, 11) is 0. The zero-order chi connectivity index (χ0) is 46.7. The minimum atomic E-state index is -1.95. The van der Waals surface area contributed by atoms with E-state index in [1.54, 1.807) is 0 Å². The molecule has 30 heteroatoms. The second kappa shape index (κ2) is 38.9. The SMILES string of the molecule is CC(SC(=S)SCCC(=O)COC(COC(=O)CCSC(=S)SC(C)C(=O)[O-])(COC(=O)CCSC(=S)SC(C)C(=O)[O-])COC(=O)CCSC(=S)SC(C)C(=O)[O-])C(=O)[O-].[Na+].[Na+]. The number of thiocarbonyl (C=S) groups is 4. The van der Waals surface area contributed by atoms with E-state index in [0.717, 1.165) is 94.1 Å². The molecule has 0 amide bonds. The number of carboxylic acid groups (broad SMARTS) is 4. The summed E-state index contributed by atoms with van der Waals surface area (Å²) >= 11 is 28.2. The molecule has 0 aromatic rings. The van der Waals surface area contributed by atoms with Gasteiger partial charge in [-0.3, -0.25) is 19.2 Å². The van der Waals surface area contributed by atoms with Crippen molar-refractivity contribution in [2.75, 3.05) is 49.4 Å². The van der Waals surface area contributed by atoms with E-state index >= 15 is 0 Å². The molecule has 0 rings (SSSR count). The Morgan fingerprint density at radius 3 is 0.937 bits per heavy atom. The van der Waals surface area contributed by atoms with Crippen LogP contribution >= 0.6 is 143 Å². The van der Waals surface area contributed by atoms with E-state index < -0.39 is 101 Å². The third-order valence-electron chi connectivity index (χ3n) is 6.63. The van der Waals surface area contributed by atoms with Crippen LogP contribution in [0.25, 0.3) is 0 Å². The molecule has 4 atom stereocenters. The van der Waals surface area contributed by atoms with Crippen LogP contribution in [0, 0.1) is 0 Å². The van der Waals surface area contributed by atoms with Crippen LogP contribution in [0.3, 0.4) is 0 Å². The fraction of sp³-hybridized carbons (Fsp3) is 0.636. The minimum Gasteiger partial charge on any atom is -0.549 e. The van der Waals surface area contributed by atoms with E-state index in [9.17, 15) is 58.8 Å². The van der Waals surface area contributed by atoms with Crippen LogP contribution in [0.4, 0.5) is 0 Å². The number of hydrogen-bond donors (Lipinski definition) is 0. The molecule has 16 nitrogen and oxygen atoms in total. The predicted molar refractivity (Wildman–Crippen MR) is 253 cm³/mol. The average Bonchev–Trinajstić information content (AvgIpc) is 3.16. The number of thioether (sulfide) groups is 8. The first-order chi connectivity index (χ1) is 28.5. The number of ether oxygens (including phenoxy) is 4. The third kappa shape index (κ3) is 35.8. The molecule has 0 aliphatic carbocycles. The smallest absolute Gasteiger partial charge is 0.549 e. The number of carboxylic acids is 4. The number of aliphatic carboxylic acids is 4. The molecule has 0 saturated carbocycles. The number of carbonyl (C=O) groups is 8. The topological polar surface area (TPSA) is 266 Å². The molecule has 344 valence electrons. The molecule has 4 unspecified atom stereocenters. The van der Waals surface area contributed by atoms with Gasteiger partial charge in [-0.05, 0) is 27.7 Å². The zero-order valence-electron chi connectivity index (χ0n) is 34.7. The van der Waals surface area contributed by atoms with Crippen LogP contribution in [0.5, 0.6) is 0 Å². The molecule has 0 radical (unpaired) electrons. The van der Waals surface area contributed by atoms with E-state index in [2.05, 4.69) is 0 Å². The van der Waals surface area contributed by atoms with E-state index in [1.165, 1.54) is 27.7 Å². The first kappa shape index (κ1) is 68.3. The summed E-state index contributed by atoms with van der Waals surface area (Å²) in [6, 6.07) is 0. The molecule has 63 heavy (non-hydrogen) atoms. The van der Waals surface area contributed by atoms with Crippen molar-refractivity contribution in [3.63, 3.8) is 0 Å². The van der Waals surface area contributed by atoms with E-state index in [4.69, 9.17) is 67.8 Å². The monoisotopic (exact) mass is 1120 g/mol. The molecule has 0 fully saturated rings. The Kier molecular flexibility index (Phi) is 42.2. The molecule has 0 aromatic carbocycles. The van der Waals surface area contributed by atoms with Crippen molar-refractivity contribution in [2.45, 2.75) is 80.0 Å². The van der Waals surface area contributed by atoms with Crippen molar-refractivity contribution >= 4 is 205 Å². The van der Waals surface area contributed by atoms with Gasteiger partial charge in [-0.25, -0.2) is 0 Å². The number of Topliss-reactive ketones (excluding diaryl/α,β-unsaturated/α-hetero) is 1. The first-order valence-corrected chi connectivity index (χ1v) is 26.4. The van der Waals surface area contributed by atoms with Crippen molar-refractivity contribution in [1.29, 1.82) is 0 Å². The summed E-state index contributed by atoms with van der Waals surface area (Å²) in [4.78, 5) is 95.8. The summed E-state index contributed by atoms with van der Waals surface area (Å²) in [6.07, 6.45) is -0.822. The van der Waals surface area contributed by atoms with Crippen molar-refractivity contribution in [2.24, 2.45) is 0 Å². The largest absolute Gasteiger partial charge is 1.00 e. The van der Waals surface area contributed by atoms with Gasteiger partial charge in [-0.2, -0.15) is 0 Å². The molecule has 0 saturated heterocycles. The maximum atomic E-state index is 13.0. The summed E-state index contributed by atoms with van der Waals surface area (Å²) < 4.78 is 23.3. The second-order valence-corrected chi connectivity index (χ2v) is 26.3. The summed E-state index contributed by atoms with van der Waals surface area (Å²) in [5.74, 6) is -7.80. The Morgan fingerprint density at radius 2 is 0.698 bits per heavy atom. The summed E-state index contributed by atoms with van der Waals surface area (Å²) in [5, 5.41) is 40.4. The van der Waals surface area contributed by atoms with Gasteiger partial charge in [0, 0.05) is 50.4 Å². The van der Waals surface area contributed by atoms with Gasteiger partial charge in [0.05, 0.1) is 43.1 Å². The van der Waals surface area contributed by atoms with Crippen molar-refractivity contribution in [3.05, 3.63) is 0 Å². The Balaban J connectivity index is -0.0000180. The number of rotatable bonds is 29. The molecule has 0 aliphatic rings. The Bertz CT molecular complexity index is 1380. The maximum Gasteiger partial charge on any atom is 1.00 e. The minimum absolute atomic E-state index is 0. The van der Waals surface area contributed by atoms with E-state index in [-0.39, 0.29) is 122 Å². The standard InChI is InChI=1S/C33H44O16S12.2Na/c1-17(25(38)39)58-29(50)54-9-5-21(34)13-49-33(14-46-22(35)6-10-55-30(51)59-18(2)26(40)41,15-47-23(36)7-11-56-31(52)60-19(3)27(42)43)16-48-24(37)8-12-57-32(53)61-20(4)28(44)45;;/h17-20H,5-16H2,1-4H3,(H,38,39)(H,40,41)(H,42,43)(H,44,45);;/q;2*+1/p-4. The van der Waals surface area contributed by atoms with Crippen LogP contribution in [-0.2, 0) is 57.3 Å². The van der Waals surface area contributed by atoms with Crippen LogP contribution in [-0.4, -0.2) is 138 Å². The second-order valence-electron chi connectivity index (χ2n) is 11.7. The molecule has 0 bridgehead atoms. The first-order valence-electron chi connectivity index (χ1n) is 17.3. The van der Waals surface area contributed by atoms with Gasteiger partial charge in [0.1, 0.15) is 40.5 Å². The fourth-order valence-corrected chi connectivity index (χ4v) is 13.1. The fourth-order valence-electron chi connectivity index (χ4n) is 3.22. The third-order valence-corrected chi connectivity index (χ3v) is 17.3. The zero-order valence-corrected chi connectivity index (χ0v) is 48.5. The van der Waals surface area contributed by atoms with E-state index in [0.29, 0.717) is 0 Å².